The number of nitro groups is 1. The van der Waals surface area contributed by atoms with E-state index < -0.39 is 4.92 Å². The average molecular weight is 395 g/mol. The molecule has 0 bridgehead atoms. The summed E-state index contributed by atoms with van der Waals surface area (Å²) in [6.45, 7) is 1.94. The Labute approximate surface area is 160 Å². The van der Waals surface area contributed by atoms with Crippen molar-refractivity contribution in [2.45, 2.75) is 0 Å². The Morgan fingerprint density at radius 2 is 1.73 bits per heavy atom. The molecule has 0 saturated carbocycles. The first-order valence-electron chi connectivity index (χ1n) is 7.95. The summed E-state index contributed by atoms with van der Waals surface area (Å²) in [5, 5.41) is 14.7. The number of carbonyl (C=O) groups excluding carboxylic acids is 1. The number of nitrogens with zero attached hydrogens (tertiary/aromatic N) is 3. The Bertz CT molecular complexity index is 839. The molecule has 1 aliphatic rings. The number of para-hydroxylation sites is 2. The average Bonchev–Trinajstić information content (AvgIpc) is 2.65. The number of hydrogen-bond acceptors (Lipinski definition) is 4. The van der Waals surface area contributed by atoms with Gasteiger partial charge in [-0.3, -0.25) is 10.1 Å². The van der Waals surface area contributed by atoms with Crippen LogP contribution in [0.3, 0.4) is 0 Å². The van der Waals surface area contributed by atoms with Crippen LogP contribution in [0, 0.1) is 10.1 Å². The molecule has 3 rings (SSSR count). The van der Waals surface area contributed by atoms with Gasteiger partial charge in [-0.2, -0.15) is 0 Å². The Kier molecular flexibility index (Phi) is 5.49. The fraction of sp³-hybridized carbons (Fsp3) is 0.235. The number of anilines is 2. The highest BCUT2D eigenvalue weighted by molar-refractivity contribution is 6.42. The summed E-state index contributed by atoms with van der Waals surface area (Å²) in [7, 11) is 0. The minimum absolute atomic E-state index is 0.0706. The van der Waals surface area contributed by atoms with E-state index in [1.165, 1.54) is 6.07 Å². The van der Waals surface area contributed by atoms with Crippen LogP contribution >= 0.6 is 23.2 Å². The molecule has 136 valence electrons. The highest BCUT2D eigenvalue weighted by Crippen LogP contribution is 2.29. The van der Waals surface area contributed by atoms with E-state index in [0.29, 0.717) is 47.6 Å². The molecular weight excluding hydrogens is 379 g/mol. The van der Waals surface area contributed by atoms with Gasteiger partial charge in [0.25, 0.3) is 5.69 Å². The van der Waals surface area contributed by atoms with Gasteiger partial charge in [-0.05, 0) is 24.3 Å². The number of rotatable bonds is 3. The van der Waals surface area contributed by atoms with Crippen LogP contribution in [-0.2, 0) is 0 Å². The predicted octanol–water partition coefficient (Wildman–Crippen LogP) is 4.26. The molecule has 1 N–H and O–H groups in total. The number of benzene rings is 2. The molecule has 2 aromatic rings. The zero-order valence-electron chi connectivity index (χ0n) is 13.7. The second-order valence-corrected chi connectivity index (χ2v) is 6.59. The molecule has 7 nitrogen and oxygen atoms in total. The smallest absolute Gasteiger partial charge is 0.321 e. The van der Waals surface area contributed by atoms with Crippen molar-refractivity contribution in [3.05, 3.63) is 62.6 Å². The standard InChI is InChI=1S/C17H16Cl2N4O3/c18-13-6-5-12(11-14(13)19)20-17(24)22-9-7-21(8-10-22)15-3-1-2-4-16(15)23(25)26/h1-6,11H,7-10H2,(H,20,24). The summed E-state index contributed by atoms with van der Waals surface area (Å²) < 4.78 is 0. The van der Waals surface area contributed by atoms with E-state index in [4.69, 9.17) is 23.2 Å². The van der Waals surface area contributed by atoms with Crippen molar-refractivity contribution in [2.24, 2.45) is 0 Å². The summed E-state index contributed by atoms with van der Waals surface area (Å²) in [6.07, 6.45) is 0. The van der Waals surface area contributed by atoms with Crippen LogP contribution in [0.25, 0.3) is 0 Å². The maximum Gasteiger partial charge on any atom is 0.321 e. The van der Waals surface area contributed by atoms with Gasteiger partial charge in [-0.25, -0.2) is 4.79 Å². The number of carbonyl (C=O) groups is 1. The summed E-state index contributed by atoms with van der Waals surface area (Å²) in [4.78, 5) is 26.8. The van der Waals surface area contributed by atoms with E-state index in [1.807, 2.05) is 4.90 Å². The van der Waals surface area contributed by atoms with E-state index in [0.717, 1.165) is 0 Å². The number of nitro benzene ring substituents is 1. The molecule has 1 aliphatic heterocycles. The number of amides is 2. The first kappa shape index (κ1) is 18.3. The fourth-order valence-corrected chi connectivity index (χ4v) is 3.11. The molecule has 0 unspecified atom stereocenters. The summed E-state index contributed by atoms with van der Waals surface area (Å²) in [5.41, 5.74) is 1.20. The molecule has 1 fully saturated rings. The van der Waals surface area contributed by atoms with E-state index in [-0.39, 0.29) is 11.7 Å². The van der Waals surface area contributed by atoms with Gasteiger partial charge in [0.15, 0.2) is 0 Å². The fourth-order valence-electron chi connectivity index (χ4n) is 2.81. The van der Waals surface area contributed by atoms with Crippen LogP contribution in [0.4, 0.5) is 21.9 Å². The molecule has 0 atom stereocenters. The van der Waals surface area contributed by atoms with Gasteiger partial charge in [0.1, 0.15) is 5.69 Å². The quantitative estimate of drug-likeness (QED) is 0.622. The van der Waals surface area contributed by atoms with E-state index >= 15 is 0 Å². The molecule has 0 radical (unpaired) electrons. The van der Waals surface area contributed by atoms with E-state index in [1.54, 1.807) is 41.3 Å². The number of nitrogens with one attached hydrogen (secondary N) is 1. The molecule has 0 spiro atoms. The van der Waals surface area contributed by atoms with Gasteiger partial charge in [0.05, 0.1) is 15.0 Å². The van der Waals surface area contributed by atoms with Gasteiger partial charge < -0.3 is 15.1 Å². The Morgan fingerprint density at radius 3 is 2.38 bits per heavy atom. The van der Waals surface area contributed by atoms with Crippen LogP contribution in [-0.4, -0.2) is 42.0 Å². The summed E-state index contributed by atoms with van der Waals surface area (Å²) in [5.74, 6) is 0. The second-order valence-electron chi connectivity index (χ2n) is 5.78. The minimum atomic E-state index is -0.390. The van der Waals surface area contributed by atoms with Gasteiger partial charge in [-0.15, -0.1) is 0 Å². The van der Waals surface area contributed by atoms with Crippen molar-refractivity contribution >= 4 is 46.3 Å². The summed E-state index contributed by atoms with van der Waals surface area (Å²) in [6, 6.07) is 11.3. The first-order chi connectivity index (χ1) is 12.5. The number of piperazine rings is 1. The van der Waals surface area contributed by atoms with Gasteiger partial charge in [0, 0.05) is 37.9 Å². The molecule has 1 saturated heterocycles. The van der Waals surface area contributed by atoms with Crippen molar-refractivity contribution in [2.75, 3.05) is 36.4 Å². The highest BCUT2D eigenvalue weighted by Gasteiger charge is 2.25. The van der Waals surface area contributed by atoms with Crippen LogP contribution < -0.4 is 10.2 Å². The Morgan fingerprint density at radius 1 is 1.04 bits per heavy atom. The topological polar surface area (TPSA) is 78.7 Å². The van der Waals surface area contributed by atoms with Crippen LogP contribution in [0.2, 0.25) is 10.0 Å². The lowest BCUT2D eigenvalue weighted by atomic mass is 10.2. The lowest BCUT2D eigenvalue weighted by Crippen LogP contribution is -2.50. The SMILES string of the molecule is O=C(Nc1ccc(Cl)c(Cl)c1)N1CCN(c2ccccc2[N+](=O)[O-])CC1. The number of halogens is 2. The van der Waals surface area contributed by atoms with Crippen LogP contribution in [0.5, 0.6) is 0 Å². The molecule has 9 heteroatoms. The monoisotopic (exact) mass is 394 g/mol. The third-order valence-electron chi connectivity index (χ3n) is 4.16. The zero-order valence-corrected chi connectivity index (χ0v) is 15.2. The molecule has 2 amide bonds. The third kappa shape index (κ3) is 4.00. The third-order valence-corrected chi connectivity index (χ3v) is 4.90. The lowest BCUT2D eigenvalue weighted by Gasteiger charge is -2.35. The highest BCUT2D eigenvalue weighted by atomic mass is 35.5. The Balaban J connectivity index is 1.62. The second kappa shape index (κ2) is 7.80. The van der Waals surface area contributed by atoms with Gasteiger partial charge in [0.2, 0.25) is 0 Å². The van der Waals surface area contributed by atoms with Crippen molar-refractivity contribution in [3.63, 3.8) is 0 Å². The molecule has 0 aliphatic carbocycles. The van der Waals surface area contributed by atoms with Crippen molar-refractivity contribution < 1.29 is 9.72 Å². The van der Waals surface area contributed by atoms with E-state index in [2.05, 4.69) is 5.32 Å². The zero-order chi connectivity index (χ0) is 18.7. The van der Waals surface area contributed by atoms with E-state index in [9.17, 15) is 14.9 Å². The maximum atomic E-state index is 12.4. The molecule has 0 aromatic heterocycles. The largest absolute Gasteiger partial charge is 0.362 e. The lowest BCUT2D eigenvalue weighted by molar-refractivity contribution is -0.384. The van der Waals surface area contributed by atoms with Crippen LogP contribution in [0.1, 0.15) is 0 Å². The van der Waals surface area contributed by atoms with Gasteiger partial charge >= 0.3 is 6.03 Å². The molecule has 1 heterocycles. The van der Waals surface area contributed by atoms with Crippen molar-refractivity contribution in [1.29, 1.82) is 0 Å². The van der Waals surface area contributed by atoms with Crippen LogP contribution in [0.15, 0.2) is 42.5 Å². The molecule has 26 heavy (non-hydrogen) atoms. The molecular formula is C17H16Cl2N4O3. The van der Waals surface area contributed by atoms with Crippen molar-refractivity contribution in [1.82, 2.24) is 4.90 Å². The number of urea groups is 1. The maximum absolute atomic E-state index is 12.4. The normalized spacial score (nSPS) is 14.2. The first-order valence-corrected chi connectivity index (χ1v) is 8.70. The summed E-state index contributed by atoms with van der Waals surface area (Å²) >= 11 is 11.8. The number of hydrogen-bond donors (Lipinski definition) is 1. The van der Waals surface area contributed by atoms with Crippen molar-refractivity contribution in [3.8, 4) is 0 Å². The Hall–Kier alpha value is -2.51. The minimum Gasteiger partial charge on any atom is -0.362 e. The molecule has 2 aromatic carbocycles. The van der Waals surface area contributed by atoms with Gasteiger partial charge in [-0.1, -0.05) is 35.3 Å². The predicted molar refractivity (Wildman–Crippen MR) is 102 cm³/mol.